The van der Waals surface area contributed by atoms with E-state index in [1.807, 2.05) is 0 Å². The largest absolute Gasteiger partial charge is 0.433 e. The maximum Gasteiger partial charge on any atom is 0.433 e. The van der Waals surface area contributed by atoms with Gasteiger partial charge in [-0.15, -0.1) is 0 Å². The molecule has 5 nitrogen and oxygen atoms in total. The summed E-state index contributed by atoms with van der Waals surface area (Å²) in [4.78, 5) is 14.5. The van der Waals surface area contributed by atoms with Gasteiger partial charge in [0, 0.05) is 12.6 Å². The number of carbonyl (C=O) groups is 1. The molecule has 0 saturated heterocycles. The number of carbonyl (C=O) groups excluding carboxylic acids is 1. The number of halogens is 3. The molecule has 1 rings (SSSR count). The molecule has 1 amide bonds. The Kier molecular flexibility index (Phi) is 4.71. The number of hydrogen-bond donors (Lipinski definition) is 3. The molecule has 0 aliphatic carbocycles. The van der Waals surface area contributed by atoms with E-state index in [2.05, 4.69) is 10.3 Å². The van der Waals surface area contributed by atoms with Gasteiger partial charge < -0.3 is 16.8 Å². The Morgan fingerprint density at radius 2 is 2.11 bits per heavy atom. The highest BCUT2D eigenvalue weighted by molar-refractivity contribution is 5.97. The van der Waals surface area contributed by atoms with Gasteiger partial charge >= 0.3 is 6.18 Å². The molecule has 0 aliphatic heterocycles. The second-order valence-corrected chi connectivity index (χ2v) is 4.15. The molecular weight excluding hydrogens is 261 g/mol. The zero-order valence-corrected chi connectivity index (χ0v) is 10.3. The van der Waals surface area contributed by atoms with E-state index in [1.54, 1.807) is 6.92 Å². The van der Waals surface area contributed by atoms with E-state index >= 15 is 0 Å². The van der Waals surface area contributed by atoms with Crippen molar-refractivity contribution in [1.29, 1.82) is 0 Å². The highest BCUT2D eigenvalue weighted by atomic mass is 19.4. The molecule has 1 aromatic heterocycles. The zero-order valence-electron chi connectivity index (χ0n) is 10.3. The van der Waals surface area contributed by atoms with E-state index in [1.165, 1.54) is 0 Å². The van der Waals surface area contributed by atoms with Crippen LogP contribution in [0, 0.1) is 0 Å². The molecule has 19 heavy (non-hydrogen) atoms. The van der Waals surface area contributed by atoms with Crippen molar-refractivity contribution in [3.8, 4) is 0 Å². The molecule has 0 spiro atoms. The fourth-order valence-corrected chi connectivity index (χ4v) is 1.37. The Balaban J connectivity index is 2.99. The minimum absolute atomic E-state index is 0.0855. The molecule has 1 unspecified atom stereocenters. The van der Waals surface area contributed by atoms with Crippen LogP contribution in [0.3, 0.4) is 0 Å². The third-order valence-corrected chi connectivity index (χ3v) is 2.34. The first-order valence-corrected chi connectivity index (χ1v) is 5.59. The number of anilines is 1. The summed E-state index contributed by atoms with van der Waals surface area (Å²) in [5.41, 5.74) is 9.43. The summed E-state index contributed by atoms with van der Waals surface area (Å²) >= 11 is 0. The van der Waals surface area contributed by atoms with Crippen LogP contribution >= 0.6 is 0 Å². The molecule has 5 N–H and O–H groups in total. The highest BCUT2D eigenvalue weighted by Crippen LogP contribution is 2.29. The lowest BCUT2D eigenvalue weighted by atomic mass is 10.2. The van der Waals surface area contributed by atoms with Crippen LogP contribution in [0.1, 0.15) is 29.4 Å². The van der Waals surface area contributed by atoms with Crippen LogP contribution in [-0.2, 0) is 6.18 Å². The van der Waals surface area contributed by atoms with Gasteiger partial charge in [-0.05, 0) is 25.5 Å². The van der Waals surface area contributed by atoms with Crippen LogP contribution in [0.25, 0.3) is 0 Å². The Morgan fingerprint density at radius 3 is 2.58 bits per heavy atom. The molecule has 1 heterocycles. The highest BCUT2D eigenvalue weighted by Gasteiger charge is 2.33. The van der Waals surface area contributed by atoms with E-state index in [0.29, 0.717) is 13.0 Å². The SMILES string of the molecule is CC(N)CCNc1nc(C(F)(F)F)ccc1C(N)=O. The summed E-state index contributed by atoms with van der Waals surface area (Å²) in [6, 6.07) is 1.61. The van der Waals surface area contributed by atoms with Gasteiger partial charge in [-0.1, -0.05) is 0 Å². The van der Waals surface area contributed by atoms with Crippen molar-refractivity contribution in [1.82, 2.24) is 4.98 Å². The Bertz CT molecular complexity index is 460. The van der Waals surface area contributed by atoms with Crippen LogP contribution in [0.4, 0.5) is 19.0 Å². The molecule has 0 aliphatic rings. The van der Waals surface area contributed by atoms with E-state index < -0.39 is 17.8 Å². The summed E-state index contributed by atoms with van der Waals surface area (Å²) in [5.74, 6) is -1.02. The van der Waals surface area contributed by atoms with Crippen LogP contribution in [0.5, 0.6) is 0 Å². The van der Waals surface area contributed by atoms with Gasteiger partial charge in [0.25, 0.3) is 5.91 Å². The first-order valence-electron chi connectivity index (χ1n) is 5.59. The Hall–Kier alpha value is -1.83. The zero-order chi connectivity index (χ0) is 14.6. The van der Waals surface area contributed by atoms with Crippen molar-refractivity contribution in [2.24, 2.45) is 11.5 Å². The standard InChI is InChI=1S/C11H15F3N4O/c1-6(15)4-5-17-10-7(9(16)19)2-3-8(18-10)11(12,13)14/h2-3,6H,4-5,15H2,1H3,(H2,16,19)(H,17,18). The fraction of sp³-hybridized carbons (Fsp3) is 0.455. The maximum absolute atomic E-state index is 12.5. The predicted molar refractivity (Wildman–Crippen MR) is 64.5 cm³/mol. The van der Waals surface area contributed by atoms with Crippen LogP contribution in [0.2, 0.25) is 0 Å². The van der Waals surface area contributed by atoms with Gasteiger partial charge in [0.05, 0.1) is 5.56 Å². The molecule has 0 saturated carbocycles. The molecule has 0 bridgehead atoms. The first-order chi connectivity index (χ1) is 8.71. The smallest absolute Gasteiger partial charge is 0.369 e. The minimum atomic E-state index is -4.58. The summed E-state index contributed by atoms with van der Waals surface area (Å²) in [6.07, 6.45) is -4.05. The molecule has 0 fully saturated rings. The van der Waals surface area contributed by atoms with Crippen molar-refractivity contribution in [2.75, 3.05) is 11.9 Å². The third kappa shape index (κ3) is 4.40. The number of pyridine rings is 1. The summed E-state index contributed by atoms with van der Waals surface area (Å²) in [7, 11) is 0. The number of amides is 1. The maximum atomic E-state index is 12.5. The average molecular weight is 276 g/mol. The first kappa shape index (κ1) is 15.2. The van der Waals surface area contributed by atoms with Gasteiger partial charge in [0.2, 0.25) is 0 Å². The summed E-state index contributed by atoms with van der Waals surface area (Å²) in [5, 5.41) is 2.65. The Labute approximate surface area is 108 Å². The molecule has 1 atom stereocenters. The number of hydrogen-bond acceptors (Lipinski definition) is 4. The number of nitrogens with one attached hydrogen (secondary N) is 1. The second-order valence-electron chi connectivity index (χ2n) is 4.15. The molecule has 1 aromatic rings. The van der Waals surface area contributed by atoms with Crippen LogP contribution in [0.15, 0.2) is 12.1 Å². The molecule has 106 valence electrons. The fourth-order valence-electron chi connectivity index (χ4n) is 1.37. The van der Waals surface area contributed by atoms with Gasteiger partial charge in [-0.25, -0.2) is 4.98 Å². The number of rotatable bonds is 5. The third-order valence-electron chi connectivity index (χ3n) is 2.34. The number of primary amides is 1. The number of nitrogens with two attached hydrogens (primary N) is 2. The monoisotopic (exact) mass is 276 g/mol. The molecule has 0 radical (unpaired) electrons. The minimum Gasteiger partial charge on any atom is -0.369 e. The van der Waals surface area contributed by atoms with Crippen molar-refractivity contribution >= 4 is 11.7 Å². The van der Waals surface area contributed by atoms with Crippen molar-refractivity contribution in [3.63, 3.8) is 0 Å². The number of alkyl halides is 3. The van der Waals surface area contributed by atoms with Crippen LogP contribution in [-0.4, -0.2) is 23.5 Å². The summed E-state index contributed by atoms with van der Waals surface area (Å²) in [6.45, 7) is 2.06. The molecular formula is C11H15F3N4O. The van der Waals surface area contributed by atoms with E-state index in [4.69, 9.17) is 11.5 Å². The summed E-state index contributed by atoms with van der Waals surface area (Å²) < 4.78 is 37.6. The lowest BCUT2D eigenvalue weighted by molar-refractivity contribution is -0.141. The topological polar surface area (TPSA) is 94.0 Å². The van der Waals surface area contributed by atoms with E-state index in [9.17, 15) is 18.0 Å². The molecule has 0 aromatic carbocycles. The van der Waals surface area contributed by atoms with Crippen LogP contribution < -0.4 is 16.8 Å². The van der Waals surface area contributed by atoms with E-state index in [0.717, 1.165) is 12.1 Å². The predicted octanol–water partition coefficient (Wildman–Crippen LogP) is 1.35. The quantitative estimate of drug-likeness (QED) is 0.756. The van der Waals surface area contributed by atoms with Crippen molar-refractivity contribution in [2.45, 2.75) is 25.6 Å². The second kappa shape index (κ2) is 5.87. The normalized spacial score (nSPS) is 13.1. The lowest BCUT2D eigenvalue weighted by Gasteiger charge is -2.13. The number of aromatic nitrogens is 1. The van der Waals surface area contributed by atoms with Gasteiger partial charge in [0.1, 0.15) is 11.5 Å². The molecule has 8 heteroatoms. The van der Waals surface area contributed by atoms with Gasteiger partial charge in [0.15, 0.2) is 0 Å². The van der Waals surface area contributed by atoms with Gasteiger partial charge in [-0.2, -0.15) is 13.2 Å². The van der Waals surface area contributed by atoms with Gasteiger partial charge in [-0.3, -0.25) is 4.79 Å². The average Bonchev–Trinajstić information content (AvgIpc) is 2.26. The number of nitrogens with zero attached hydrogens (tertiary/aromatic N) is 1. The van der Waals surface area contributed by atoms with Crippen molar-refractivity contribution in [3.05, 3.63) is 23.4 Å². The lowest BCUT2D eigenvalue weighted by Crippen LogP contribution is -2.22. The van der Waals surface area contributed by atoms with Crippen molar-refractivity contribution < 1.29 is 18.0 Å². The Morgan fingerprint density at radius 1 is 1.47 bits per heavy atom. The van der Waals surface area contributed by atoms with E-state index in [-0.39, 0.29) is 17.4 Å².